The summed E-state index contributed by atoms with van der Waals surface area (Å²) in [5.74, 6) is 0. The van der Waals surface area contributed by atoms with E-state index in [2.05, 4.69) is 15.6 Å². The maximum absolute atomic E-state index is 6.44. The van der Waals surface area contributed by atoms with Crippen LogP contribution >= 0.6 is 34.8 Å². The zero-order valence-corrected chi connectivity index (χ0v) is 14.9. The van der Waals surface area contributed by atoms with Gasteiger partial charge < -0.3 is 0 Å². The molecule has 0 bridgehead atoms. The number of aromatic nitrogens is 2. The first kappa shape index (κ1) is 16.8. The Hall–Kier alpha value is -2.01. The van der Waals surface area contributed by atoms with Crippen molar-refractivity contribution in [2.24, 2.45) is 5.10 Å². The lowest BCUT2D eigenvalue weighted by Crippen LogP contribution is -1.96. The number of hydrogen-bond acceptors (Lipinski definition) is 3. The molecule has 0 saturated heterocycles. The van der Waals surface area contributed by atoms with Crippen molar-refractivity contribution in [3.63, 3.8) is 0 Å². The predicted octanol–water partition coefficient (Wildman–Crippen LogP) is 5.59. The zero-order valence-electron chi connectivity index (χ0n) is 12.7. The summed E-state index contributed by atoms with van der Waals surface area (Å²) in [7, 11) is 0. The number of nitrogens with zero attached hydrogens (tertiary/aromatic N) is 3. The molecule has 24 heavy (non-hydrogen) atoms. The van der Waals surface area contributed by atoms with Gasteiger partial charge in [-0.05, 0) is 49.4 Å². The monoisotopic (exact) mass is 378 g/mol. The second kappa shape index (κ2) is 7.26. The second-order valence-electron chi connectivity index (χ2n) is 5.06. The average molecular weight is 380 g/mol. The van der Waals surface area contributed by atoms with Gasteiger partial charge in [0, 0.05) is 10.0 Å². The lowest BCUT2D eigenvalue weighted by molar-refractivity contribution is 0.863. The first-order chi connectivity index (χ1) is 11.5. The Balaban J connectivity index is 1.84. The number of anilines is 1. The van der Waals surface area contributed by atoms with Crippen molar-refractivity contribution in [3.05, 3.63) is 75.0 Å². The minimum atomic E-state index is 0.469. The van der Waals surface area contributed by atoms with Gasteiger partial charge in [-0.2, -0.15) is 10.2 Å². The summed E-state index contributed by atoms with van der Waals surface area (Å²) < 4.78 is 1.63. The highest BCUT2D eigenvalue weighted by molar-refractivity contribution is 6.32. The predicted molar refractivity (Wildman–Crippen MR) is 101 cm³/mol. The Labute approximate surface area is 154 Å². The molecule has 3 aromatic rings. The summed E-state index contributed by atoms with van der Waals surface area (Å²) in [6.45, 7) is 1.87. The Kier molecular flexibility index (Phi) is 5.09. The van der Waals surface area contributed by atoms with Crippen LogP contribution in [0.1, 0.15) is 11.3 Å². The van der Waals surface area contributed by atoms with E-state index >= 15 is 0 Å². The van der Waals surface area contributed by atoms with Crippen LogP contribution in [-0.2, 0) is 0 Å². The van der Waals surface area contributed by atoms with E-state index in [-0.39, 0.29) is 0 Å². The first-order valence-corrected chi connectivity index (χ1v) is 8.23. The van der Waals surface area contributed by atoms with Crippen LogP contribution < -0.4 is 5.43 Å². The van der Waals surface area contributed by atoms with Crippen LogP contribution in [0.15, 0.2) is 53.6 Å². The van der Waals surface area contributed by atoms with Gasteiger partial charge in [-0.25, -0.2) is 4.68 Å². The van der Waals surface area contributed by atoms with Crippen molar-refractivity contribution in [1.82, 2.24) is 9.78 Å². The second-order valence-corrected chi connectivity index (χ2v) is 6.29. The van der Waals surface area contributed by atoms with Crippen LogP contribution in [-0.4, -0.2) is 16.0 Å². The lowest BCUT2D eigenvalue weighted by atomic mass is 10.3. The van der Waals surface area contributed by atoms with Gasteiger partial charge in [0.1, 0.15) is 5.15 Å². The van der Waals surface area contributed by atoms with Gasteiger partial charge in [0.2, 0.25) is 0 Å². The molecule has 0 atom stereocenters. The summed E-state index contributed by atoms with van der Waals surface area (Å²) in [6.07, 6.45) is 1.64. The third-order valence-electron chi connectivity index (χ3n) is 3.33. The van der Waals surface area contributed by atoms with Gasteiger partial charge in [0.15, 0.2) is 0 Å². The van der Waals surface area contributed by atoms with Crippen molar-refractivity contribution in [2.75, 3.05) is 5.43 Å². The number of rotatable bonds is 4. The van der Waals surface area contributed by atoms with Crippen molar-refractivity contribution in [1.29, 1.82) is 0 Å². The minimum Gasteiger partial charge on any atom is -0.279 e. The zero-order chi connectivity index (χ0) is 17.1. The molecule has 122 valence electrons. The maximum Gasteiger partial charge on any atom is 0.142 e. The van der Waals surface area contributed by atoms with Crippen molar-refractivity contribution in [3.8, 4) is 5.69 Å². The number of aryl methyl sites for hydroxylation is 1. The molecule has 2 aromatic carbocycles. The van der Waals surface area contributed by atoms with Crippen molar-refractivity contribution >= 4 is 46.7 Å². The molecular formula is C17H13Cl3N4. The minimum absolute atomic E-state index is 0.469. The fourth-order valence-corrected chi connectivity index (χ4v) is 2.76. The molecule has 0 aliphatic carbocycles. The standard InChI is InChI=1S/C17H13Cl3N4/c1-11-16(10-21-22-14-7-5-12(18)6-8-14)17(20)24(23-11)15-4-2-3-13(19)9-15/h2-10,22H,1H3/b21-10-. The number of halogens is 3. The normalized spacial score (nSPS) is 11.2. The molecule has 3 rings (SSSR count). The van der Waals surface area contributed by atoms with Gasteiger partial charge >= 0.3 is 0 Å². The molecule has 1 aromatic heterocycles. The summed E-state index contributed by atoms with van der Waals surface area (Å²) >= 11 is 18.3. The molecule has 0 aliphatic heterocycles. The van der Waals surface area contributed by atoms with E-state index in [1.54, 1.807) is 35.2 Å². The topological polar surface area (TPSA) is 42.2 Å². The van der Waals surface area contributed by atoms with Crippen LogP contribution in [0.3, 0.4) is 0 Å². The Morgan fingerprint density at radius 3 is 2.50 bits per heavy atom. The van der Waals surface area contributed by atoms with Crippen LogP contribution in [0.25, 0.3) is 5.69 Å². The summed E-state index contributed by atoms with van der Waals surface area (Å²) in [4.78, 5) is 0. The quantitative estimate of drug-likeness (QED) is 0.474. The SMILES string of the molecule is Cc1nn(-c2cccc(Cl)c2)c(Cl)c1/C=N\Nc1ccc(Cl)cc1. The Morgan fingerprint density at radius 2 is 1.79 bits per heavy atom. The molecule has 1 N–H and O–H groups in total. The summed E-state index contributed by atoms with van der Waals surface area (Å²) in [5, 5.41) is 10.4. The molecule has 0 aliphatic rings. The third-order valence-corrected chi connectivity index (χ3v) is 4.18. The lowest BCUT2D eigenvalue weighted by Gasteiger charge is -2.03. The molecule has 0 unspecified atom stereocenters. The van der Waals surface area contributed by atoms with Gasteiger partial charge in [-0.15, -0.1) is 0 Å². The number of hydrazone groups is 1. The summed E-state index contributed by atoms with van der Waals surface area (Å²) in [6, 6.07) is 14.6. The molecule has 1 heterocycles. The number of nitrogens with one attached hydrogen (secondary N) is 1. The van der Waals surface area contributed by atoms with Crippen LogP contribution in [0.5, 0.6) is 0 Å². The largest absolute Gasteiger partial charge is 0.279 e. The molecule has 0 saturated carbocycles. The van der Waals surface area contributed by atoms with E-state index in [0.717, 1.165) is 22.6 Å². The van der Waals surface area contributed by atoms with Gasteiger partial charge in [0.05, 0.1) is 28.8 Å². The molecular weight excluding hydrogens is 367 g/mol. The van der Waals surface area contributed by atoms with E-state index in [4.69, 9.17) is 34.8 Å². The fourth-order valence-electron chi connectivity index (χ4n) is 2.13. The van der Waals surface area contributed by atoms with Crippen molar-refractivity contribution < 1.29 is 0 Å². The van der Waals surface area contributed by atoms with Gasteiger partial charge in [-0.1, -0.05) is 40.9 Å². The van der Waals surface area contributed by atoms with E-state index in [0.29, 0.717) is 15.2 Å². The average Bonchev–Trinajstić information content (AvgIpc) is 2.85. The summed E-state index contributed by atoms with van der Waals surface area (Å²) in [5.41, 5.74) is 6.04. The van der Waals surface area contributed by atoms with Crippen LogP contribution in [0.2, 0.25) is 15.2 Å². The van der Waals surface area contributed by atoms with Crippen LogP contribution in [0.4, 0.5) is 5.69 Å². The molecule has 7 heteroatoms. The van der Waals surface area contributed by atoms with E-state index in [9.17, 15) is 0 Å². The van der Waals surface area contributed by atoms with Crippen LogP contribution in [0, 0.1) is 6.92 Å². The smallest absolute Gasteiger partial charge is 0.142 e. The highest BCUT2D eigenvalue weighted by atomic mass is 35.5. The van der Waals surface area contributed by atoms with E-state index < -0.39 is 0 Å². The molecule has 0 fully saturated rings. The Morgan fingerprint density at radius 1 is 1.04 bits per heavy atom. The van der Waals surface area contributed by atoms with E-state index in [1.165, 1.54) is 0 Å². The Bertz CT molecular complexity index is 885. The van der Waals surface area contributed by atoms with E-state index in [1.807, 2.05) is 31.2 Å². The molecule has 4 nitrogen and oxygen atoms in total. The van der Waals surface area contributed by atoms with Crippen molar-refractivity contribution in [2.45, 2.75) is 6.92 Å². The number of hydrogen-bond donors (Lipinski definition) is 1. The highest BCUT2D eigenvalue weighted by Crippen LogP contribution is 2.24. The molecule has 0 radical (unpaired) electrons. The number of benzene rings is 2. The molecule has 0 spiro atoms. The van der Waals surface area contributed by atoms with Gasteiger partial charge in [0.25, 0.3) is 0 Å². The maximum atomic E-state index is 6.44. The molecule has 0 amide bonds. The fraction of sp³-hybridized carbons (Fsp3) is 0.0588. The van der Waals surface area contributed by atoms with Gasteiger partial charge in [-0.3, -0.25) is 5.43 Å². The highest BCUT2D eigenvalue weighted by Gasteiger charge is 2.13. The third kappa shape index (κ3) is 3.73. The first-order valence-electron chi connectivity index (χ1n) is 7.10.